The number of aliphatic carboxylic acids is 1. The molecule has 0 fully saturated rings. The van der Waals surface area contributed by atoms with Crippen molar-refractivity contribution < 1.29 is 14.3 Å². The van der Waals surface area contributed by atoms with E-state index in [9.17, 15) is 4.79 Å². The highest BCUT2D eigenvalue weighted by atomic mass is 35.5. The van der Waals surface area contributed by atoms with Gasteiger partial charge in [0, 0.05) is 22.9 Å². The lowest BCUT2D eigenvalue weighted by atomic mass is 10.0. The van der Waals surface area contributed by atoms with E-state index in [-0.39, 0.29) is 18.8 Å². The van der Waals surface area contributed by atoms with Gasteiger partial charge in [-0.3, -0.25) is 4.79 Å². The van der Waals surface area contributed by atoms with Crippen molar-refractivity contribution in [2.75, 3.05) is 5.73 Å². The minimum atomic E-state index is -0.830. The van der Waals surface area contributed by atoms with Crippen molar-refractivity contribution >= 4 is 46.0 Å². The summed E-state index contributed by atoms with van der Waals surface area (Å²) in [4.78, 5) is 10.6. The van der Waals surface area contributed by atoms with E-state index in [1.165, 1.54) is 0 Å². The van der Waals surface area contributed by atoms with Gasteiger partial charge in [-0.25, -0.2) is 0 Å². The summed E-state index contributed by atoms with van der Waals surface area (Å²) in [5.41, 5.74) is 8.97. The Morgan fingerprint density at radius 1 is 1.15 bits per heavy atom. The van der Waals surface area contributed by atoms with Crippen molar-refractivity contribution in [2.24, 2.45) is 0 Å². The first-order chi connectivity index (χ1) is 9.15. The predicted molar refractivity (Wildman–Crippen MR) is 81.3 cm³/mol. The lowest BCUT2D eigenvalue weighted by molar-refractivity contribution is -0.136. The smallest absolute Gasteiger partial charge is 0.303 e. The van der Waals surface area contributed by atoms with Gasteiger partial charge >= 0.3 is 5.97 Å². The van der Waals surface area contributed by atoms with Gasteiger partial charge in [0.05, 0.1) is 0 Å². The predicted octanol–water partition coefficient (Wildman–Crippen LogP) is 3.61. The summed E-state index contributed by atoms with van der Waals surface area (Å²) in [6.45, 7) is 0. The molecule has 3 aromatic rings. The third-order valence-electron chi connectivity index (χ3n) is 3.25. The summed E-state index contributed by atoms with van der Waals surface area (Å²) in [5.74, 6) is -0.830. The summed E-state index contributed by atoms with van der Waals surface area (Å²) < 4.78 is 5.75. The minimum absolute atomic E-state index is 0. The van der Waals surface area contributed by atoms with E-state index < -0.39 is 5.97 Å². The van der Waals surface area contributed by atoms with Crippen molar-refractivity contribution in [3.63, 3.8) is 0 Å². The number of rotatable bonds is 3. The molecule has 0 radical (unpaired) electrons. The summed E-state index contributed by atoms with van der Waals surface area (Å²) in [6, 6.07) is 11.5. The van der Waals surface area contributed by atoms with Crippen molar-refractivity contribution in [2.45, 2.75) is 12.8 Å². The van der Waals surface area contributed by atoms with E-state index in [1.807, 2.05) is 36.4 Å². The van der Waals surface area contributed by atoms with Gasteiger partial charge in [0.15, 0.2) is 0 Å². The van der Waals surface area contributed by atoms with Crippen molar-refractivity contribution in [1.29, 1.82) is 0 Å². The van der Waals surface area contributed by atoms with Crippen LogP contribution in [0.1, 0.15) is 12.0 Å². The number of carboxylic acid groups (broad SMARTS) is 1. The standard InChI is InChI=1S/C15H13NO3.ClH/c16-12-8-11-10-3-1-2-4-13(10)19-14(11)7-9(12)5-6-15(17)18;/h1-4,7-8H,5-6,16H2,(H,17,18);1H. The van der Waals surface area contributed by atoms with E-state index in [0.717, 1.165) is 27.5 Å². The molecular formula is C15H14ClNO3. The molecule has 0 aliphatic rings. The fraction of sp³-hybridized carbons (Fsp3) is 0.133. The Bertz CT molecular complexity index is 779. The van der Waals surface area contributed by atoms with E-state index in [1.54, 1.807) is 0 Å². The highest BCUT2D eigenvalue weighted by molar-refractivity contribution is 6.06. The Morgan fingerprint density at radius 3 is 2.65 bits per heavy atom. The molecule has 0 atom stereocenters. The number of carbonyl (C=O) groups is 1. The normalized spacial score (nSPS) is 10.6. The highest BCUT2D eigenvalue weighted by Crippen LogP contribution is 2.32. The van der Waals surface area contributed by atoms with Crippen molar-refractivity contribution in [3.8, 4) is 0 Å². The SMILES string of the molecule is Cl.Nc1cc2c(cc1CCC(=O)O)oc1ccccc12. The molecule has 0 aliphatic heterocycles. The van der Waals surface area contributed by atoms with Crippen LogP contribution in [-0.4, -0.2) is 11.1 Å². The summed E-state index contributed by atoms with van der Waals surface area (Å²) in [6.07, 6.45) is 0.476. The number of benzene rings is 2. The van der Waals surface area contributed by atoms with Crippen molar-refractivity contribution in [1.82, 2.24) is 0 Å². The van der Waals surface area contributed by atoms with Crippen LogP contribution < -0.4 is 5.73 Å². The number of nitrogen functional groups attached to an aromatic ring is 1. The zero-order valence-corrected chi connectivity index (χ0v) is 11.4. The Labute approximate surface area is 121 Å². The fourth-order valence-electron chi connectivity index (χ4n) is 2.29. The van der Waals surface area contributed by atoms with Gasteiger partial charge in [-0.1, -0.05) is 18.2 Å². The number of carboxylic acids is 1. The van der Waals surface area contributed by atoms with E-state index in [2.05, 4.69) is 0 Å². The number of anilines is 1. The van der Waals surface area contributed by atoms with Crippen LogP contribution in [0.5, 0.6) is 0 Å². The van der Waals surface area contributed by atoms with Gasteiger partial charge in [0.25, 0.3) is 0 Å². The van der Waals surface area contributed by atoms with E-state index >= 15 is 0 Å². The lowest BCUT2D eigenvalue weighted by Gasteiger charge is -2.03. The summed E-state index contributed by atoms with van der Waals surface area (Å²) in [5, 5.41) is 10.7. The molecule has 0 amide bonds. The molecule has 0 aliphatic carbocycles. The second-order valence-electron chi connectivity index (χ2n) is 4.54. The molecule has 3 N–H and O–H groups in total. The first-order valence-electron chi connectivity index (χ1n) is 6.06. The number of hydrogen-bond acceptors (Lipinski definition) is 3. The first-order valence-corrected chi connectivity index (χ1v) is 6.06. The summed E-state index contributed by atoms with van der Waals surface area (Å²) in [7, 11) is 0. The monoisotopic (exact) mass is 291 g/mol. The van der Waals surface area contributed by atoms with E-state index in [0.29, 0.717) is 12.1 Å². The maximum atomic E-state index is 10.6. The highest BCUT2D eigenvalue weighted by Gasteiger charge is 2.10. The molecule has 3 rings (SSSR count). The number of nitrogens with two attached hydrogens (primary N) is 1. The molecule has 0 unspecified atom stereocenters. The number of hydrogen-bond donors (Lipinski definition) is 2. The van der Waals surface area contributed by atoms with Crippen LogP contribution >= 0.6 is 12.4 Å². The molecule has 5 heteroatoms. The molecule has 0 bridgehead atoms. The first kappa shape index (κ1) is 14.2. The molecule has 20 heavy (non-hydrogen) atoms. The number of halogens is 1. The molecule has 104 valence electrons. The minimum Gasteiger partial charge on any atom is -0.481 e. The van der Waals surface area contributed by atoms with Gasteiger partial charge in [0.1, 0.15) is 11.2 Å². The fourth-order valence-corrected chi connectivity index (χ4v) is 2.29. The Kier molecular flexibility index (Phi) is 3.86. The average molecular weight is 292 g/mol. The Morgan fingerprint density at radius 2 is 1.90 bits per heavy atom. The maximum Gasteiger partial charge on any atom is 0.303 e. The second-order valence-corrected chi connectivity index (χ2v) is 4.54. The topological polar surface area (TPSA) is 76.5 Å². The molecule has 4 nitrogen and oxygen atoms in total. The molecule has 1 aromatic heterocycles. The van der Waals surface area contributed by atoms with Gasteiger partial charge in [0.2, 0.25) is 0 Å². The van der Waals surface area contributed by atoms with Crippen LogP contribution in [0, 0.1) is 0 Å². The summed E-state index contributed by atoms with van der Waals surface area (Å²) >= 11 is 0. The zero-order valence-electron chi connectivity index (χ0n) is 10.6. The average Bonchev–Trinajstić information content (AvgIpc) is 2.73. The molecule has 0 spiro atoms. The Balaban J connectivity index is 0.00000147. The van der Waals surface area contributed by atoms with Gasteiger partial charge < -0.3 is 15.3 Å². The van der Waals surface area contributed by atoms with Crippen LogP contribution in [0.3, 0.4) is 0 Å². The van der Waals surface area contributed by atoms with Crippen molar-refractivity contribution in [3.05, 3.63) is 42.0 Å². The van der Waals surface area contributed by atoms with Crippen LogP contribution in [0.25, 0.3) is 21.9 Å². The molecular weight excluding hydrogens is 278 g/mol. The number of fused-ring (bicyclic) bond motifs is 3. The second kappa shape index (κ2) is 5.43. The zero-order chi connectivity index (χ0) is 13.4. The molecule has 0 saturated carbocycles. The van der Waals surface area contributed by atoms with E-state index in [4.69, 9.17) is 15.3 Å². The third kappa shape index (κ3) is 2.42. The maximum absolute atomic E-state index is 10.6. The molecule has 1 heterocycles. The molecule has 2 aromatic carbocycles. The van der Waals surface area contributed by atoms with Crippen LogP contribution in [0.4, 0.5) is 5.69 Å². The third-order valence-corrected chi connectivity index (χ3v) is 3.25. The van der Waals surface area contributed by atoms with Gasteiger partial charge in [-0.05, 0) is 30.2 Å². The largest absolute Gasteiger partial charge is 0.481 e. The number of aryl methyl sites for hydroxylation is 1. The van der Waals surface area contributed by atoms with Gasteiger partial charge in [-0.15, -0.1) is 12.4 Å². The number of para-hydroxylation sites is 1. The van der Waals surface area contributed by atoms with Crippen LogP contribution in [-0.2, 0) is 11.2 Å². The Hall–Kier alpha value is -2.20. The van der Waals surface area contributed by atoms with Gasteiger partial charge in [-0.2, -0.15) is 0 Å². The molecule has 0 saturated heterocycles. The van der Waals surface area contributed by atoms with Crippen LogP contribution in [0.2, 0.25) is 0 Å². The van der Waals surface area contributed by atoms with Crippen LogP contribution in [0.15, 0.2) is 40.8 Å². The quantitative estimate of drug-likeness (QED) is 0.723. The number of furan rings is 1. The lowest BCUT2D eigenvalue weighted by Crippen LogP contribution is -2.00.